The molecule has 112 valence electrons. The summed E-state index contributed by atoms with van der Waals surface area (Å²) in [5.41, 5.74) is 0.794. The molecule has 1 fully saturated rings. The van der Waals surface area contributed by atoms with Crippen molar-refractivity contribution in [3.05, 3.63) is 35.4 Å². The Bertz CT molecular complexity index is 731. The summed E-state index contributed by atoms with van der Waals surface area (Å²) in [7, 11) is 0. The fourth-order valence-electron chi connectivity index (χ4n) is 2.38. The maximum Gasteiger partial charge on any atom is 0.228 e. The molecule has 7 heteroatoms. The van der Waals surface area contributed by atoms with Gasteiger partial charge in [-0.3, -0.25) is 4.79 Å². The molecule has 0 aliphatic heterocycles. The number of aromatic nitrogens is 1. The van der Waals surface area contributed by atoms with Crippen LogP contribution in [0.1, 0.15) is 12.8 Å². The smallest absolute Gasteiger partial charge is 0.228 e. The molecule has 1 aromatic carbocycles. The van der Waals surface area contributed by atoms with Crippen molar-refractivity contribution in [2.24, 2.45) is 5.92 Å². The van der Waals surface area contributed by atoms with Crippen molar-refractivity contribution in [2.75, 3.05) is 5.32 Å². The predicted octanol–water partition coefficient (Wildman–Crippen LogP) is 2.78. The molecule has 0 atom stereocenters. The van der Waals surface area contributed by atoms with E-state index in [4.69, 9.17) is 21.4 Å². The maximum absolute atomic E-state index is 12.0. The standard InChI is InChI=1S/C15H13ClN4O2/c16-11-3-1-2-9(4-11)13-7-14(20-22-13)19-15(21)10-5-12(6-10)18-8-17/h1-4,7,10,12,18H,5-6H2,(H,19,20,21)/t10-,12-. The lowest BCUT2D eigenvalue weighted by Gasteiger charge is -2.32. The number of rotatable bonds is 4. The third-order valence-corrected chi connectivity index (χ3v) is 3.88. The Kier molecular flexibility index (Phi) is 3.98. The van der Waals surface area contributed by atoms with Gasteiger partial charge in [0.05, 0.1) is 0 Å². The molecular weight excluding hydrogens is 304 g/mol. The van der Waals surface area contributed by atoms with Crippen LogP contribution in [0.25, 0.3) is 11.3 Å². The number of carbonyl (C=O) groups is 1. The van der Waals surface area contributed by atoms with E-state index in [0.717, 1.165) is 5.56 Å². The summed E-state index contributed by atoms with van der Waals surface area (Å²) in [4.78, 5) is 12.0. The lowest BCUT2D eigenvalue weighted by molar-refractivity contribution is -0.122. The average Bonchev–Trinajstić information content (AvgIpc) is 2.90. The molecule has 6 nitrogen and oxygen atoms in total. The molecule has 1 aromatic heterocycles. The summed E-state index contributed by atoms with van der Waals surface area (Å²) in [6.07, 6.45) is 3.19. The van der Waals surface area contributed by atoms with Crippen LogP contribution in [0.2, 0.25) is 5.02 Å². The molecule has 0 bridgehead atoms. The van der Waals surface area contributed by atoms with Crippen LogP contribution in [0.3, 0.4) is 0 Å². The first-order valence-electron chi connectivity index (χ1n) is 6.84. The summed E-state index contributed by atoms with van der Waals surface area (Å²) in [6.45, 7) is 0. The summed E-state index contributed by atoms with van der Waals surface area (Å²) in [6, 6.07) is 8.95. The van der Waals surface area contributed by atoms with Crippen molar-refractivity contribution >= 4 is 23.3 Å². The normalized spacial score (nSPS) is 19.8. The molecule has 22 heavy (non-hydrogen) atoms. The van der Waals surface area contributed by atoms with Gasteiger partial charge < -0.3 is 15.2 Å². The lowest BCUT2D eigenvalue weighted by atomic mass is 9.80. The van der Waals surface area contributed by atoms with E-state index < -0.39 is 0 Å². The largest absolute Gasteiger partial charge is 0.354 e. The van der Waals surface area contributed by atoms with E-state index >= 15 is 0 Å². The monoisotopic (exact) mass is 316 g/mol. The zero-order valence-electron chi connectivity index (χ0n) is 11.5. The highest BCUT2D eigenvalue weighted by Gasteiger charge is 2.34. The SMILES string of the molecule is N#CN[C@H]1C[C@H](C(=O)Nc2cc(-c3cccc(Cl)c3)on2)C1. The first-order valence-corrected chi connectivity index (χ1v) is 7.21. The van der Waals surface area contributed by atoms with E-state index in [-0.39, 0.29) is 17.9 Å². The second-order valence-electron chi connectivity index (χ2n) is 5.20. The topological polar surface area (TPSA) is 91.0 Å². The number of hydrogen-bond donors (Lipinski definition) is 2. The molecule has 1 aliphatic rings. The summed E-state index contributed by atoms with van der Waals surface area (Å²) in [5.74, 6) is 0.700. The van der Waals surface area contributed by atoms with E-state index in [0.29, 0.717) is 29.4 Å². The van der Waals surface area contributed by atoms with Crippen molar-refractivity contribution in [3.63, 3.8) is 0 Å². The first kappa shape index (κ1) is 14.4. The van der Waals surface area contributed by atoms with Gasteiger partial charge in [0.15, 0.2) is 17.8 Å². The summed E-state index contributed by atoms with van der Waals surface area (Å²) >= 11 is 5.93. The Morgan fingerprint density at radius 3 is 2.95 bits per heavy atom. The maximum atomic E-state index is 12.0. The van der Waals surface area contributed by atoms with Crippen molar-refractivity contribution in [2.45, 2.75) is 18.9 Å². The molecule has 1 heterocycles. The van der Waals surface area contributed by atoms with Gasteiger partial charge in [-0.05, 0) is 25.0 Å². The number of halogens is 1. The highest BCUT2D eigenvalue weighted by atomic mass is 35.5. The zero-order chi connectivity index (χ0) is 15.5. The number of hydrogen-bond acceptors (Lipinski definition) is 5. The minimum atomic E-state index is -0.109. The van der Waals surface area contributed by atoms with Gasteiger partial charge in [0.1, 0.15) is 0 Å². The second kappa shape index (κ2) is 6.08. The van der Waals surface area contributed by atoms with E-state index in [2.05, 4.69) is 15.8 Å². The van der Waals surface area contributed by atoms with Gasteiger partial charge in [0.25, 0.3) is 0 Å². The molecule has 1 amide bonds. The molecule has 0 radical (unpaired) electrons. The number of carbonyl (C=O) groups excluding carboxylic acids is 1. The molecule has 0 spiro atoms. The Morgan fingerprint density at radius 1 is 1.41 bits per heavy atom. The summed E-state index contributed by atoms with van der Waals surface area (Å²) < 4.78 is 5.22. The predicted molar refractivity (Wildman–Crippen MR) is 80.8 cm³/mol. The third kappa shape index (κ3) is 3.05. The Morgan fingerprint density at radius 2 is 2.23 bits per heavy atom. The fourth-order valence-corrected chi connectivity index (χ4v) is 2.57. The molecule has 1 saturated carbocycles. The van der Waals surface area contributed by atoms with Crippen LogP contribution in [0.4, 0.5) is 5.82 Å². The number of benzene rings is 1. The van der Waals surface area contributed by atoms with Crippen molar-refractivity contribution in [1.82, 2.24) is 10.5 Å². The van der Waals surface area contributed by atoms with Crippen molar-refractivity contribution < 1.29 is 9.32 Å². The Hall–Kier alpha value is -2.52. The molecule has 2 N–H and O–H groups in total. The van der Waals surface area contributed by atoms with Crippen LogP contribution in [0.5, 0.6) is 0 Å². The number of nitrogens with one attached hydrogen (secondary N) is 2. The fraction of sp³-hybridized carbons (Fsp3) is 0.267. The first-order chi connectivity index (χ1) is 10.7. The molecular formula is C15H13ClN4O2. The van der Waals surface area contributed by atoms with E-state index in [9.17, 15) is 4.79 Å². The van der Waals surface area contributed by atoms with E-state index in [1.54, 1.807) is 18.2 Å². The molecule has 3 rings (SSSR count). The number of nitrogens with zero attached hydrogens (tertiary/aromatic N) is 2. The molecule has 0 unspecified atom stereocenters. The van der Waals surface area contributed by atoms with E-state index in [1.165, 1.54) is 0 Å². The van der Waals surface area contributed by atoms with Crippen LogP contribution in [-0.4, -0.2) is 17.1 Å². The van der Waals surface area contributed by atoms with Crippen molar-refractivity contribution in [3.8, 4) is 17.5 Å². The minimum Gasteiger partial charge on any atom is -0.354 e. The number of nitriles is 1. The molecule has 2 aromatic rings. The van der Waals surface area contributed by atoms with Gasteiger partial charge in [-0.1, -0.05) is 28.9 Å². The number of anilines is 1. The van der Waals surface area contributed by atoms with E-state index in [1.807, 2.05) is 18.3 Å². The van der Waals surface area contributed by atoms with Crippen LogP contribution in [-0.2, 0) is 4.79 Å². The van der Waals surface area contributed by atoms with Gasteiger partial charge in [0.2, 0.25) is 5.91 Å². The molecule has 1 aliphatic carbocycles. The van der Waals surface area contributed by atoms with Gasteiger partial charge in [-0.25, -0.2) is 0 Å². The quantitative estimate of drug-likeness (QED) is 0.668. The Balaban J connectivity index is 1.61. The number of amides is 1. The van der Waals surface area contributed by atoms with Crippen LogP contribution < -0.4 is 10.6 Å². The van der Waals surface area contributed by atoms with Crippen LogP contribution >= 0.6 is 11.6 Å². The van der Waals surface area contributed by atoms with Gasteiger partial charge in [-0.15, -0.1) is 0 Å². The van der Waals surface area contributed by atoms with Gasteiger partial charge >= 0.3 is 0 Å². The molecule has 0 saturated heterocycles. The Labute approximate surface area is 132 Å². The highest BCUT2D eigenvalue weighted by Crippen LogP contribution is 2.29. The van der Waals surface area contributed by atoms with Crippen molar-refractivity contribution in [1.29, 1.82) is 5.26 Å². The highest BCUT2D eigenvalue weighted by molar-refractivity contribution is 6.30. The van der Waals surface area contributed by atoms with Gasteiger partial charge in [-0.2, -0.15) is 5.26 Å². The minimum absolute atomic E-state index is 0.0973. The lowest BCUT2D eigenvalue weighted by Crippen LogP contribution is -2.44. The third-order valence-electron chi connectivity index (χ3n) is 3.65. The van der Waals surface area contributed by atoms with Crippen LogP contribution in [0.15, 0.2) is 34.9 Å². The van der Waals surface area contributed by atoms with Gasteiger partial charge in [0, 0.05) is 28.6 Å². The summed E-state index contributed by atoms with van der Waals surface area (Å²) in [5, 5.41) is 18.3. The zero-order valence-corrected chi connectivity index (χ0v) is 12.3. The van der Waals surface area contributed by atoms with Crippen LogP contribution in [0, 0.1) is 17.4 Å². The second-order valence-corrected chi connectivity index (χ2v) is 5.63. The average molecular weight is 317 g/mol.